The van der Waals surface area contributed by atoms with Gasteiger partial charge in [0, 0.05) is 12.6 Å². The summed E-state index contributed by atoms with van der Waals surface area (Å²) in [6.45, 7) is 6.04. The third-order valence-electron chi connectivity index (χ3n) is 5.54. The molecular weight excluding hydrogens is 487 g/mol. The number of likely N-dealkylation sites (N-methyl/N-ethyl adjacent to an activating group) is 1. The van der Waals surface area contributed by atoms with E-state index >= 15 is 4.39 Å². The summed E-state index contributed by atoms with van der Waals surface area (Å²) in [5.41, 5.74) is -1.41. The summed E-state index contributed by atoms with van der Waals surface area (Å²) >= 11 is 0. The number of carbonyl (C=O) groups is 1. The molecule has 0 aliphatic rings. The molecule has 10 heteroatoms. The van der Waals surface area contributed by atoms with E-state index in [0.717, 1.165) is 10.5 Å². The highest BCUT2D eigenvalue weighted by atomic mass is 19.2. The third kappa shape index (κ3) is 5.94. The SMILES string of the molecule is CCOC(=O)C(C)(C)N(CC)c1c(F)c(F)nc(Oc2cc(C#N)ccc2OCc2ccccc2)c1F. The van der Waals surface area contributed by atoms with Crippen LogP contribution in [0, 0.1) is 28.9 Å². The Hall–Kier alpha value is -4.26. The van der Waals surface area contributed by atoms with Crippen LogP contribution in [-0.2, 0) is 16.1 Å². The van der Waals surface area contributed by atoms with Crippen molar-refractivity contribution in [1.29, 1.82) is 5.26 Å². The van der Waals surface area contributed by atoms with E-state index in [0.29, 0.717) is 0 Å². The quantitative estimate of drug-likeness (QED) is 0.246. The lowest BCUT2D eigenvalue weighted by Gasteiger charge is -2.37. The zero-order valence-corrected chi connectivity index (χ0v) is 20.8. The van der Waals surface area contributed by atoms with Gasteiger partial charge in [-0.3, -0.25) is 0 Å². The van der Waals surface area contributed by atoms with E-state index in [9.17, 15) is 18.8 Å². The van der Waals surface area contributed by atoms with Gasteiger partial charge in [-0.15, -0.1) is 0 Å². The van der Waals surface area contributed by atoms with Crippen molar-refractivity contribution in [1.82, 2.24) is 4.98 Å². The van der Waals surface area contributed by atoms with Gasteiger partial charge in [0.2, 0.25) is 11.6 Å². The van der Waals surface area contributed by atoms with Crippen molar-refractivity contribution in [2.24, 2.45) is 0 Å². The number of halogens is 3. The van der Waals surface area contributed by atoms with Crippen LogP contribution in [0.15, 0.2) is 48.5 Å². The first-order valence-corrected chi connectivity index (χ1v) is 11.5. The highest BCUT2D eigenvalue weighted by Crippen LogP contribution is 2.39. The average molecular weight is 514 g/mol. The fraction of sp³-hybridized carbons (Fsp3) is 0.296. The van der Waals surface area contributed by atoms with Crippen molar-refractivity contribution in [2.75, 3.05) is 18.1 Å². The minimum atomic E-state index is -1.63. The molecule has 3 aromatic rings. The van der Waals surface area contributed by atoms with Gasteiger partial charge in [0.15, 0.2) is 11.5 Å². The highest BCUT2D eigenvalue weighted by molar-refractivity contribution is 5.84. The number of ether oxygens (including phenoxy) is 3. The van der Waals surface area contributed by atoms with Crippen LogP contribution in [0.1, 0.15) is 38.8 Å². The number of nitriles is 1. The van der Waals surface area contributed by atoms with Crippen LogP contribution in [0.25, 0.3) is 0 Å². The summed E-state index contributed by atoms with van der Waals surface area (Å²) in [6.07, 6.45) is 0. The number of esters is 1. The van der Waals surface area contributed by atoms with Crippen LogP contribution < -0.4 is 14.4 Å². The zero-order chi connectivity index (χ0) is 27.2. The Morgan fingerprint density at radius 1 is 1.05 bits per heavy atom. The van der Waals surface area contributed by atoms with Crippen molar-refractivity contribution in [3.8, 4) is 23.4 Å². The Morgan fingerprint density at radius 2 is 1.76 bits per heavy atom. The maximum absolute atomic E-state index is 15.7. The second-order valence-corrected chi connectivity index (χ2v) is 8.36. The fourth-order valence-corrected chi connectivity index (χ4v) is 3.65. The van der Waals surface area contributed by atoms with Gasteiger partial charge in [-0.05, 0) is 45.4 Å². The molecule has 0 amide bonds. The standard InChI is InChI=1S/C27H26F3N3O4/c1-5-33(27(3,4)26(34)35-6-2)23-21(28)24(30)32-25(22(23)29)37-20-14-18(15-31)12-13-19(20)36-16-17-10-8-7-9-11-17/h7-14H,5-6,16H2,1-4H3. The molecular formula is C27H26F3N3O4. The Morgan fingerprint density at radius 3 is 2.38 bits per heavy atom. The molecule has 0 aliphatic heterocycles. The molecule has 0 fully saturated rings. The van der Waals surface area contributed by atoms with E-state index in [1.807, 2.05) is 36.4 Å². The van der Waals surface area contributed by atoms with Crippen LogP contribution in [0.4, 0.5) is 18.9 Å². The lowest BCUT2D eigenvalue weighted by molar-refractivity contribution is -0.148. The smallest absolute Gasteiger partial charge is 0.331 e. The molecule has 1 heterocycles. The van der Waals surface area contributed by atoms with Crippen LogP contribution in [0.5, 0.6) is 17.4 Å². The number of anilines is 1. The van der Waals surface area contributed by atoms with Gasteiger partial charge in [-0.2, -0.15) is 23.4 Å². The number of hydrogen-bond acceptors (Lipinski definition) is 7. The predicted molar refractivity (Wildman–Crippen MR) is 130 cm³/mol. The largest absolute Gasteiger partial charge is 0.485 e. The molecule has 0 spiro atoms. The number of nitrogens with zero attached hydrogens (tertiary/aromatic N) is 3. The molecule has 7 nitrogen and oxygen atoms in total. The molecule has 0 atom stereocenters. The van der Waals surface area contributed by atoms with Crippen LogP contribution >= 0.6 is 0 Å². The number of hydrogen-bond donors (Lipinski definition) is 0. The second kappa shape index (κ2) is 11.6. The fourth-order valence-electron chi connectivity index (χ4n) is 3.65. The normalized spacial score (nSPS) is 11.0. The molecule has 194 valence electrons. The minimum absolute atomic E-state index is 0.0465. The van der Waals surface area contributed by atoms with Gasteiger partial charge in [0.25, 0.3) is 11.8 Å². The Labute approximate surface area is 213 Å². The van der Waals surface area contributed by atoms with Crippen LogP contribution in [0.2, 0.25) is 0 Å². The number of rotatable bonds is 10. The maximum Gasteiger partial charge on any atom is 0.331 e. The van der Waals surface area contributed by atoms with Gasteiger partial charge >= 0.3 is 5.97 Å². The first-order valence-electron chi connectivity index (χ1n) is 11.5. The van der Waals surface area contributed by atoms with E-state index in [-0.39, 0.29) is 36.8 Å². The molecule has 3 rings (SSSR count). The highest BCUT2D eigenvalue weighted by Gasteiger charge is 2.40. The molecule has 0 saturated heterocycles. The Balaban J connectivity index is 2.04. The van der Waals surface area contributed by atoms with E-state index in [1.165, 1.54) is 32.0 Å². The summed E-state index contributed by atoms with van der Waals surface area (Å²) in [5, 5.41) is 9.30. The molecule has 0 aliphatic carbocycles. The molecule has 1 aromatic heterocycles. The monoisotopic (exact) mass is 513 g/mol. The lowest BCUT2D eigenvalue weighted by Crippen LogP contribution is -2.52. The van der Waals surface area contributed by atoms with Crippen molar-refractivity contribution in [3.63, 3.8) is 0 Å². The lowest BCUT2D eigenvalue weighted by atomic mass is 10.0. The van der Waals surface area contributed by atoms with E-state index in [1.54, 1.807) is 13.8 Å². The first-order chi connectivity index (χ1) is 17.6. The van der Waals surface area contributed by atoms with Crippen molar-refractivity contribution in [2.45, 2.75) is 39.8 Å². The Kier molecular flexibility index (Phi) is 8.60. The second-order valence-electron chi connectivity index (χ2n) is 8.36. The molecule has 0 bridgehead atoms. The first kappa shape index (κ1) is 27.3. The molecule has 0 saturated carbocycles. The molecule has 2 aromatic carbocycles. The van der Waals surface area contributed by atoms with E-state index in [4.69, 9.17) is 14.2 Å². The van der Waals surface area contributed by atoms with E-state index in [2.05, 4.69) is 4.98 Å². The van der Waals surface area contributed by atoms with Gasteiger partial charge in [-0.1, -0.05) is 30.3 Å². The number of benzene rings is 2. The summed E-state index contributed by atoms with van der Waals surface area (Å²) in [5.74, 6) is -6.22. The Bertz CT molecular complexity index is 1310. The minimum Gasteiger partial charge on any atom is -0.485 e. The van der Waals surface area contributed by atoms with Gasteiger partial charge in [0.1, 0.15) is 17.8 Å². The summed E-state index contributed by atoms with van der Waals surface area (Å²) in [6, 6.07) is 15.3. The summed E-state index contributed by atoms with van der Waals surface area (Å²) < 4.78 is 61.6. The average Bonchev–Trinajstić information content (AvgIpc) is 2.89. The summed E-state index contributed by atoms with van der Waals surface area (Å²) in [4.78, 5) is 16.9. The number of aromatic nitrogens is 1. The van der Waals surface area contributed by atoms with Crippen LogP contribution in [0.3, 0.4) is 0 Å². The van der Waals surface area contributed by atoms with Crippen molar-refractivity contribution in [3.05, 3.63) is 77.2 Å². The van der Waals surface area contributed by atoms with Gasteiger partial charge in [0.05, 0.1) is 18.2 Å². The molecule has 0 N–H and O–H groups in total. The molecule has 0 unspecified atom stereocenters. The number of pyridine rings is 1. The topological polar surface area (TPSA) is 84.7 Å². The predicted octanol–water partition coefficient (Wildman–Crippen LogP) is 5.91. The molecule has 0 radical (unpaired) electrons. The zero-order valence-electron chi connectivity index (χ0n) is 20.8. The van der Waals surface area contributed by atoms with E-state index < -0.39 is 40.7 Å². The van der Waals surface area contributed by atoms with Gasteiger partial charge < -0.3 is 19.1 Å². The maximum atomic E-state index is 15.7. The third-order valence-corrected chi connectivity index (χ3v) is 5.54. The summed E-state index contributed by atoms with van der Waals surface area (Å²) in [7, 11) is 0. The molecule has 37 heavy (non-hydrogen) atoms. The van der Waals surface area contributed by atoms with Crippen LogP contribution in [-0.4, -0.2) is 29.6 Å². The number of carbonyl (C=O) groups excluding carboxylic acids is 1. The van der Waals surface area contributed by atoms with Crippen molar-refractivity contribution < 1.29 is 32.2 Å². The van der Waals surface area contributed by atoms with Crippen molar-refractivity contribution >= 4 is 11.7 Å². The van der Waals surface area contributed by atoms with Gasteiger partial charge in [-0.25, -0.2) is 4.79 Å².